The second-order valence-electron chi connectivity index (χ2n) is 15.8. The molecule has 0 spiro atoms. The number of benzene rings is 6. The Morgan fingerprint density at radius 3 is 1.54 bits per heavy atom. The van der Waals surface area contributed by atoms with Crippen LogP contribution in [0.1, 0.15) is 18.4 Å². The molecule has 0 radical (unpaired) electrons. The van der Waals surface area contributed by atoms with Crippen molar-refractivity contribution in [1.82, 2.24) is 29.5 Å². The van der Waals surface area contributed by atoms with E-state index in [1.54, 1.807) is 24.8 Å². The van der Waals surface area contributed by atoms with Crippen LogP contribution in [0.25, 0.3) is 83.9 Å². The highest BCUT2D eigenvalue weighted by Gasteiger charge is 2.26. The molecular formula is C56H41N7. The predicted octanol–water partition coefficient (Wildman–Crippen LogP) is 13.5. The SMILES string of the molecule is CC1/C=C\C=C/CN(c2c(-c3ccccc3)cc(-c3nc(-c4ccncc4)nc(-c4ccncc4)n3)cc2-c2ccccc2)c2ccc(-n3c4ccccc4c4ccccc43)cc21. The van der Waals surface area contributed by atoms with Gasteiger partial charge in [-0.05, 0) is 83.4 Å². The van der Waals surface area contributed by atoms with Crippen LogP contribution in [0.4, 0.5) is 11.4 Å². The summed E-state index contributed by atoms with van der Waals surface area (Å²) < 4.78 is 2.41. The summed E-state index contributed by atoms with van der Waals surface area (Å²) in [5.41, 5.74) is 13.9. The average Bonchev–Trinajstić information content (AvgIpc) is 3.73. The lowest BCUT2D eigenvalue weighted by Crippen LogP contribution is -2.21. The minimum Gasteiger partial charge on any atom is -0.336 e. The summed E-state index contributed by atoms with van der Waals surface area (Å²) in [4.78, 5) is 26.3. The van der Waals surface area contributed by atoms with E-state index >= 15 is 0 Å². The van der Waals surface area contributed by atoms with Gasteiger partial charge in [0.1, 0.15) is 0 Å². The van der Waals surface area contributed by atoms with Crippen LogP contribution in [0.3, 0.4) is 0 Å². The number of rotatable bonds is 7. The minimum absolute atomic E-state index is 0.112. The number of allylic oxidation sites excluding steroid dienone is 3. The van der Waals surface area contributed by atoms with E-state index in [2.05, 4.69) is 190 Å². The Morgan fingerprint density at radius 1 is 0.476 bits per heavy atom. The van der Waals surface area contributed by atoms with Crippen LogP contribution in [0, 0.1) is 0 Å². The van der Waals surface area contributed by atoms with Crippen molar-refractivity contribution in [3.05, 3.63) is 218 Å². The van der Waals surface area contributed by atoms with E-state index in [0.29, 0.717) is 24.0 Å². The van der Waals surface area contributed by atoms with Gasteiger partial charge in [0.2, 0.25) is 0 Å². The molecule has 11 rings (SSSR count). The molecule has 0 bridgehead atoms. The third kappa shape index (κ3) is 7.05. The first-order valence-electron chi connectivity index (χ1n) is 21.3. The molecule has 0 saturated carbocycles. The van der Waals surface area contributed by atoms with Gasteiger partial charge in [0, 0.05) is 87.2 Å². The third-order valence-electron chi connectivity index (χ3n) is 11.9. The van der Waals surface area contributed by atoms with Gasteiger partial charge in [-0.25, -0.2) is 15.0 Å². The Hall–Kier alpha value is -8.29. The van der Waals surface area contributed by atoms with Gasteiger partial charge in [-0.1, -0.05) is 128 Å². The van der Waals surface area contributed by atoms with Crippen LogP contribution < -0.4 is 4.90 Å². The summed E-state index contributed by atoms with van der Waals surface area (Å²) in [5.74, 6) is 1.82. The lowest BCUT2D eigenvalue weighted by Gasteiger charge is -2.32. The summed E-state index contributed by atoms with van der Waals surface area (Å²) in [6.45, 7) is 2.94. The first-order valence-corrected chi connectivity index (χ1v) is 21.3. The summed E-state index contributed by atoms with van der Waals surface area (Å²) in [7, 11) is 0. The Labute approximate surface area is 366 Å². The minimum atomic E-state index is 0.112. The molecule has 0 fully saturated rings. The fourth-order valence-electron chi connectivity index (χ4n) is 8.88. The highest BCUT2D eigenvalue weighted by molar-refractivity contribution is 6.09. The van der Waals surface area contributed by atoms with Crippen molar-refractivity contribution in [3.63, 3.8) is 0 Å². The first kappa shape index (κ1) is 37.7. The van der Waals surface area contributed by atoms with E-state index in [1.165, 1.54) is 27.4 Å². The van der Waals surface area contributed by atoms with E-state index in [0.717, 1.165) is 56.0 Å². The van der Waals surface area contributed by atoms with E-state index in [9.17, 15) is 0 Å². The van der Waals surface area contributed by atoms with Gasteiger partial charge in [-0.15, -0.1) is 0 Å². The zero-order valence-corrected chi connectivity index (χ0v) is 34.6. The highest BCUT2D eigenvalue weighted by Crippen LogP contribution is 2.48. The maximum absolute atomic E-state index is 5.17. The molecular weight excluding hydrogens is 771 g/mol. The van der Waals surface area contributed by atoms with Gasteiger partial charge in [-0.3, -0.25) is 9.97 Å². The number of hydrogen-bond donors (Lipinski definition) is 0. The average molecular weight is 812 g/mol. The molecule has 300 valence electrons. The van der Waals surface area contributed by atoms with Crippen molar-refractivity contribution < 1.29 is 0 Å². The van der Waals surface area contributed by atoms with E-state index in [-0.39, 0.29) is 5.92 Å². The number of nitrogens with zero attached hydrogens (tertiary/aromatic N) is 7. The van der Waals surface area contributed by atoms with Gasteiger partial charge in [-0.2, -0.15) is 0 Å². The molecule has 10 aromatic rings. The fraction of sp³-hybridized carbons (Fsp3) is 0.0536. The molecule has 63 heavy (non-hydrogen) atoms. The Balaban J connectivity index is 1.17. The summed E-state index contributed by atoms with van der Waals surface area (Å²) in [6.07, 6.45) is 16.0. The lowest BCUT2D eigenvalue weighted by atomic mass is 9.90. The summed E-state index contributed by atoms with van der Waals surface area (Å²) >= 11 is 0. The van der Waals surface area contributed by atoms with Crippen LogP contribution in [-0.4, -0.2) is 36.0 Å². The molecule has 1 aliphatic heterocycles. The Bertz CT molecular complexity index is 3150. The number of anilines is 2. The van der Waals surface area contributed by atoms with Crippen LogP contribution in [0.2, 0.25) is 0 Å². The van der Waals surface area contributed by atoms with Gasteiger partial charge >= 0.3 is 0 Å². The number of fused-ring (bicyclic) bond motifs is 4. The number of hydrogen-bond acceptors (Lipinski definition) is 6. The summed E-state index contributed by atoms with van der Waals surface area (Å²) in [6, 6.07) is 58.0. The van der Waals surface area contributed by atoms with Gasteiger partial charge in [0.25, 0.3) is 0 Å². The van der Waals surface area contributed by atoms with Crippen molar-refractivity contribution in [2.45, 2.75) is 12.8 Å². The van der Waals surface area contributed by atoms with Crippen molar-refractivity contribution in [2.24, 2.45) is 0 Å². The molecule has 6 aromatic carbocycles. The molecule has 0 aliphatic carbocycles. The smallest absolute Gasteiger partial charge is 0.164 e. The molecule has 0 N–H and O–H groups in total. The normalized spacial score (nSPS) is 14.7. The molecule has 7 nitrogen and oxygen atoms in total. The molecule has 0 saturated heterocycles. The van der Waals surface area contributed by atoms with Gasteiger partial charge < -0.3 is 9.47 Å². The summed E-state index contributed by atoms with van der Waals surface area (Å²) in [5, 5.41) is 2.49. The topological polar surface area (TPSA) is 72.6 Å². The van der Waals surface area contributed by atoms with E-state index in [1.807, 2.05) is 24.3 Å². The lowest BCUT2D eigenvalue weighted by molar-refractivity contribution is 0.946. The zero-order valence-electron chi connectivity index (χ0n) is 34.6. The monoisotopic (exact) mass is 811 g/mol. The third-order valence-corrected chi connectivity index (χ3v) is 11.9. The molecule has 7 heteroatoms. The van der Waals surface area contributed by atoms with Crippen molar-refractivity contribution in [1.29, 1.82) is 0 Å². The second kappa shape index (κ2) is 16.3. The molecule has 1 atom stereocenters. The van der Waals surface area contributed by atoms with Crippen LogP contribution >= 0.6 is 0 Å². The Morgan fingerprint density at radius 2 is 0.984 bits per heavy atom. The molecule has 0 amide bonds. The van der Waals surface area contributed by atoms with Crippen LogP contribution in [0.5, 0.6) is 0 Å². The number of aromatic nitrogens is 6. The van der Waals surface area contributed by atoms with Crippen LogP contribution in [-0.2, 0) is 0 Å². The highest BCUT2D eigenvalue weighted by atomic mass is 15.1. The van der Waals surface area contributed by atoms with Crippen molar-refractivity contribution in [3.8, 4) is 62.1 Å². The zero-order chi connectivity index (χ0) is 42.1. The largest absolute Gasteiger partial charge is 0.336 e. The van der Waals surface area contributed by atoms with E-state index < -0.39 is 0 Å². The quantitative estimate of drug-likeness (QED) is 0.160. The number of para-hydroxylation sites is 2. The Kier molecular flexibility index (Phi) is 9.75. The van der Waals surface area contributed by atoms with Gasteiger partial charge in [0.15, 0.2) is 17.5 Å². The maximum Gasteiger partial charge on any atom is 0.164 e. The number of pyridine rings is 2. The van der Waals surface area contributed by atoms with Crippen molar-refractivity contribution >= 4 is 33.2 Å². The molecule has 5 heterocycles. The molecule has 1 aliphatic rings. The van der Waals surface area contributed by atoms with E-state index in [4.69, 9.17) is 15.0 Å². The van der Waals surface area contributed by atoms with Crippen LogP contribution in [0.15, 0.2) is 213 Å². The predicted molar refractivity (Wildman–Crippen MR) is 257 cm³/mol. The second-order valence-corrected chi connectivity index (χ2v) is 15.8. The fourth-order valence-corrected chi connectivity index (χ4v) is 8.88. The molecule has 4 aromatic heterocycles. The van der Waals surface area contributed by atoms with Gasteiger partial charge in [0.05, 0.1) is 16.7 Å². The maximum atomic E-state index is 5.17. The van der Waals surface area contributed by atoms with Crippen molar-refractivity contribution in [2.75, 3.05) is 11.4 Å². The molecule has 1 unspecified atom stereocenters. The first-order chi connectivity index (χ1) is 31.2. The standard InChI is InChI=1S/C56H41N7/c1-38-15-5-4-14-34-62(50-25-24-44(37-47(38)50)63-51-22-12-10-20-45(51)46-21-11-13-23-52(46)63)53-48(39-16-6-2-7-17-39)35-43(36-49(53)40-18-8-3-9-19-40)56-60-54(41-26-30-57-31-27-41)59-55(61-56)42-28-32-58-33-29-42/h2-33,35-38H,34H2,1H3/b14-4-,15-5-.